The molecule has 18 heavy (non-hydrogen) atoms. The van der Waals surface area contributed by atoms with Gasteiger partial charge in [-0.05, 0) is 36.3 Å². The molecule has 2 aromatic heterocycles. The van der Waals surface area contributed by atoms with Crippen LogP contribution in [-0.4, -0.2) is 26.3 Å². The van der Waals surface area contributed by atoms with E-state index in [0.29, 0.717) is 5.95 Å². The average molecular weight is 310 g/mol. The van der Waals surface area contributed by atoms with Gasteiger partial charge in [0.2, 0.25) is 0 Å². The third-order valence-electron chi connectivity index (χ3n) is 2.66. The number of aromatic nitrogens is 4. The van der Waals surface area contributed by atoms with Gasteiger partial charge in [-0.1, -0.05) is 6.92 Å². The molecule has 0 spiro atoms. The minimum absolute atomic E-state index is 0.599. The predicted molar refractivity (Wildman–Crippen MR) is 73.7 cm³/mol. The topological polar surface area (TPSA) is 55.6 Å². The van der Waals surface area contributed by atoms with E-state index in [2.05, 4.69) is 43.2 Å². The van der Waals surface area contributed by atoms with E-state index in [4.69, 9.17) is 0 Å². The standard InChI is InChI=1S/C12H16BrN5/c1-4-14-5-10-6-15-12(16-7-10)18-9(3)11(13)8(2)17-18/h6-7,14H,4-5H2,1-3H3. The van der Waals surface area contributed by atoms with Crippen molar-refractivity contribution in [2.45, 2.75) is 27.3 Å². The average Bonchev–Trinajstić information content (AvgIpc) is 2.65. The number of nitrogens with zero attached hydrogens (tertiary/aromatic N) is 4. The van der Waals surface area contributed by atoms with Gasteiger partial charge in [0.15, 0.2) is 0 Å². The van der Waals surface area contributed by atoms with Crippen molar-refractivity contribution in [2.24, 2.45) is 0 Å². The van der Waals surface area contributed by atoms with E-state index in [1.54, 1.807) is 4.68 Å². The van der Waals surface area contributed by atoms with Crippen LogP contribution in [0.1, 0.15) is 23.9 Å². The molecular formula is C12H16BrN5. The molecule has 96 valence electrons. The zero-order valence-electron chi connectivity index (χ0n) is 10.7. The van der Waals surface area contributed by atoms with Crippen LogP contribution in [0.3, 0.4) is 0 Å². The fourth-order valence-electron chi connectivity index (χ4n) is 1.64. The molecule has 0 radical (unpaired) electrons. The molecule has 1 N–H and O–H groups in total. The normalized spacial score (nSPS) is 10.9. The maximum Gasteiger partial charge on any atom is 0.250 e. The van der Waals surface area contributed by atoms with Crippen LogP contribution in [0.4, 0.5) is 0 Å². The van der Waals surface area contributed by atoms with Crippen LogP contribution >= 0.6 is 15.9 Å². The monoisotopic (exact) mass is 309 g/mol. The molecule has 0 amide bonds. The maximum atomic E-state index is 4.40. The molecule has 0 aliphatic carbocycles. The molecule has 0 unspecified atom stereocenters. The molecule has 0 bridgehead atoms. The summed E-state index contributed by atoms with van der Waals surface area (Å²) >= 11 is 3.50. The van der Waals surface area contributed by atoms with Gasteiger partial charge in [0.25, 0.3) is 5.95 Å². The van der Waals surface area contributed by atoms with Gasteiger partial charge in [0.05, 0.1) is 15.9 Å². The smallest absolute Gasteiger partial charge is 0.250 e. The third kappa shape index (κ3) is 2.59. The van der Waals surface area contributed by atoms with Crippen molar-refractivity contribution in [1.82, 2.24) is 25.1 Å². The van der Waals surface area contributed by atoms with Gasteiger partial charge in [-0.25, -0.2) is 14.6 Å². The highest BCUT2D eigenvalue weighted by Gasteiger charge is 2.11. The molecule has 2 rings (SSSR count). The maximum absolute atomic E-state index is 4.40. The number of nitrogens with one attached hydrogen (secondary N) is 1. The Hall–Kier alpha value is -1.27. The Kier molecular flexibility index (Phi) is 4.08. The second kappa shape index (κ2) is 5.58. The van der Waals surface area contributed by atoms with Crippen molar-refractivity contribution in [2.75, 3.05) is 6.54 Å². The van der Waals surface area contributed by atoms with E-state index in [1.165, 1.54) is 0 Å². The number of hydrogen-bond acceptors (Lipinski definition) is 4. The van der Waals surface area contributed by atoms with E-state index in [0.717, 1.165) is 34.5 Å². The molecule has 0 saturated carbocycles. The number of rotatable bonds is 4. The van der Waals surface area contributed by atoms with Gasteiger partial charge in [0.1, 0.15) is 0 Å². The zero-order valence-corrected chi connectivity index (χ0v) is 12.3. The zero-order chi connectivity index (χ0) is 13.1. The van der Waals surface area contributed by atoms with Crippen LogP contribution in [-0.2, 0) is 6.54 Å². The highest BCUT2D eigenvalue weighted by molar-refractivity contribution is 9.10. The van der Waals surface area contributed by atoms with E-state index < -0.39 is 0 Å². The summed E-state index contributed by atoms with van der Waals surface area (Å²) < 4.78 is 2.75. The molecule has 2 heterocycles. The summed E-state index contributed by atoms with van der Waals surface area (Å²) in [6.07, 6.45) is 3.66. The van der Waals surface area contributed by atoms with Crippen LogP contribution < -0.4 is 5.32 Å². The van der Waals surface area contributed by atoms with Gasteiger partial charge >= 0.3 is 0 Å². The predicted octanol–water partition coefficient (Wildman–Crippen LogP) is 2.15. The van der Waals surface area contributed by atoms with Crippen molar-refractivity contribution in [3.8, 4) is 5.95 Å². The lowest BCUT2D eigenvalue weighted by molar-refractivity contribution is 0.712. The number of aryl methyl sites for hydroxylation is 1. The largest absolute Gasteiger partial charge is 0.313 e. The molecule has 5 nitrogen and oxygen atoms in total. The SMILES string of the molecule is CCNCc1cnc(-n2nc(C)c(Br)c2C)nc1. The second-order valence-corrected chi connectivity index (χ2v) is 4.86. The molecule has 6 heteroatoms. The Morgan fingerprint density at radius 2 is 1.94 bits per heavy atom. The van der Waals surface area contributed by atoms with Crippen LogP contribution in [0.25, 0.3) is 5.95 Å². The Bertz CT molecular complexity index is 532. The minimum atomic E-state index is 0.599. The van der Waals surface area contributed by atoms with Crippen molar-refractivity contribution in [3.05, 3.63) is 33.8 Å². The Morgan fingerprint density at radius 3 is 2.44 bits per heavy atom. The van der Waals surface area contributed by atoms with E-state index >= 15 is 0 Å². The van der Waals surface area contributed by atoms with Crippen LogP contribution in [0.5, 0.6) is 0 Å². The lowest BCUT2D eigenvalue weighted by Crippen LogP contribution is -2.13. The van der Waals surface area contributed by atoms with Gasteiger partial charge in [-0.15, -0.1) is 0 Å². The minimum Gasteiger partial charge on any atom is -0.313 e. The van der Waals surface area contributed by atoms with Gasteiger partial charge in [0, 0.05) is 24.5 Å². The summed E-state index contributed by atoms with van der Waals surface area (Å²) in [4.78, 5) is 8.69. The fraction of sp³-hybridized carbons (Fsp3) is 0.417. The first-order valence-electron chi connectivity index (χ1n) is 5.87. The molecular weight excluding hydrogens is 294 g/mol. The van der Waals surface area contributed by atoms with Crippen LogP contribution in [0.2, 0.25) is 0 Å². The third-order valence-corrected chi connectivity index (χ3v) is 3.81. The first-order valence-corrected chi connectivity index (χ1v) is 6.66. The molecule has 0 fully saturated rings. The Labute approximate surface area is 115 Å². The lowest BCUT2D eigenvalue weighted by Gasteiger charge is -2.04. The summed E-state index contributed by atoms with van der Waals surface area (Å²) in [5.41, 5.74) is 3.01. The van der Waals surface area contributed by atoms with Crippen molar-refractivity contribution in [1.29, 1.82) is 0 Å². The molecule has 0 aromatic carbocycles. The number of hydrogen-bond donors (Lipinski definition) is 1. The molecule has 0 aliphatic rings. The first-order chi connectivity index (χ1) is 8.63. The van der Waals surface area contributed by atoms with Gasteiger partial charge in [-0.3, -0.25) is 0 Å². The van der Waals surface area contributed by atoms with Gasteiger partial charge < -0.3 is 5.32 Å². The van der Waals surface area contributed by atoms with E-state index in [-0.39, 0.29) is 0 Å². The summed E-state index contributed by atoms with van der Waals surface area (Å²) in [5.74, 6) is 0.599. The van der Waals surface area contributed by atoms with E-state index in [1.807, 2.05) is 26.2 Å². The van der Waals surface area contributed by atoms with Crippen LogP contribution in [0.15, 0.2) is 16.9 Å². The molecule has 0 aliphatic heterocycles. The highest BCUT2D eigenvalue weighted by Crippen LogP contribution is 2.21. The molecule has 0 saturated heterocycles. The summed E-state index contributed by atoms with van der Waals surface area (Å²) in [6.45, 7) is 7.74. The summed E-state index contributed by atoms with van der Waals surface area (Å²) in [6, 6.07) is 0. The Balaban J connectivity index is 2.26. The summed E-state index contributed by atoms with van der Waals surface area (Å²) in [7, 11) is 0. The lowest BCUT2D eigenvalue weighted by atomic mass is 10.3. The van der Waals surface area contributed by atoms with Gasteiger partial charge in [-0.2, -0.15) is 5.10 Å². The molecule has 2 aromatic rings. The summed E-state index contributed by atoms with van der Waals surface area (Å²) in [5, 5.41) is 7.64. The quantitative estimate of drug-likeness (QED) is 0.940. The number of halogens is 1. The molecule has 0 atom stereocenters. The Morgan fingerprint density at radius 1 is 1.28 bits per heavy atom. The van der Waals surface area contributed by atoms with Crippen molar-refractivity contribution in [3.63, 3.8) is 0 Å². The second-order valence-electron chi connectivity index (χ2n) is 4.07. The van der Waals surface area contributed by atoms with Crippen molar-refractivity contribution < 1.29 is 0 Å². The fourth-order valence-corrected chi connectivity index (χ4v) is 1.88. The van der Waals surface area contributed by atoms with Crippen LogP contribution in [0, 0.1) is 13.8 Å². The highest BCUT2D eigenvalue weighted by atomic mass is 79.9. The van der Waals surface area contributed by atoms with Crippen molar-refractivity contribution >= 4 is 15.9 Å². The first kappa shape index (κ1) is 13.2. The van der Waals surface area contributed by atoms with E-state index in [9.17, 15) is 0 Å².